The van der Waals surface area contributed by atoms with Crippen molar-refractivity contribution in [3.05, 3.63) is 23.7 Å². The molecule has 0 aromatic carbocycles. The molecule has 1 aromatic heterocycles. The zero-order valence-corrected chi connectivity index (χ0v) is 11.6. The maximum absolute atomic E-state index is 11.4. The highest BCUT2D eigenvalue weighted by Gasteiger charge is 2.34. The minimum absolute atomic E-state index is 0.0703. The summed E-state index contributed by atoms with van der Waals surface area (Å²) >= 11 is 0. The number of rotatable bonds is 5. The number of hydrogen-bond donors (Lipinski definition) is 1. The molecule has 19 heavy (non-hydrogen) atoms. The fourth-order valence-electron chi connectivity index (χ4n) is 2.60. The van der Waals surface area contributed by atoms with Gasteiger partial charge < -0.3 is 19.2 Å². The monoisotopic (exact) mass is 267 g/mol. The number of carbonyl (C=O) groups excluding carboxylic acids is 1. The summed E-state index contributed by atoms with van der Waals surface area (Å²) in [5.41, 5.74) is 0. The number of methoxy groups -OCH3 is 1. The Morgan fingerprint density at radius 2 is 2.37 bits per heavy atom. The average Bonchev–Trinajstić information content (AvgIpc) is 3.04. The number of carbonyl (C=O) groups is 1. The first-order valence-electron chi connectivity index (χ1n) is 6.70. The molecule has 1 aliphatic heterocycles. The van der Waals surface area contributed by atoms with Gasteiger partial charge in [-0.05, 0) is 32.0 Å². The molecule has 0 radical (unpaired) electrons. The number of hydrogen-bond acceptors (Lipinski definition) is 5. The molecule has 3 unspecified atom stereocenters. The Morgan fingerprint density at radius 3 is 2.95 bits per heavy atom. The highest BCUT2D eigenvalue weighted by Crippen LogP contribution is 2.34. The maximum Gasteiger partial charge on any atom is 0.373 e. The van der Waals surface area contributed by atoms with E-state index in [0.29, 0.717) is 5.92 Å². The largest absolute Gasteiger partial charge is 0.463 e. The molecule has 1 fully saturated rings. The summed E-state index contributed by atoms with van der Waals surface area (Å²) in [5, 5.41) is 3.42. The third-order valence-electron chi connectivity index (χ3n) is 3.61. The summed E-state index contributed by atoms with van der Waals surface area (Å²) in [6, 6.07) is 3.57. The molecule has 0 aliphatic carbocycles. The highest BCUT2D eigenvalue weighted by molar-refractivity contribution is 5.86. The average molecular weight is 267 g/mol. The smallest absolute Gasteiger partial charge is 0.373 e. The Bertz CT molecular complexity index is 429. The van der Waals surface area contributed by atoms with Crippen molar-refractivity contribution in [1.82, 2.24) is 5.32 Å². The molecule has 5 nitrogen and oxygen atoms in total. The van der Waals surface area contributed by atoms with Crippen LogP contribution in [0.1, 0.15) is 42.6 Å². The van der Waals surface area contributed by atoms with E-state index in [9.17, 15) is 4.79 Å². The molecule has 1 aliphatic rings. The zero-order chi connectivity index (χ0) is 13.8. The summed E-state index contributed by atoms with van der Waals surface area (Å²) in [5.74, 6) is 0.922. The lowest BCUT2D eigenvalue weighted by Crippen LogP contribution is -2.31. The number of ether oxygens (including phenoxy) is 2. The van der Waals surface area contributed by atoms with Crippen LogP contribution in [0.25, 0.3) is 0 Å². The SMILES string of the molecule is CCNC(c1ccc(C(=O)OC)o1)C1CCOC1C. The van der Waals surface area contributed by atoms with Crippen LogP contribution in [-0.4, -0.2) is 32.3 Å². The number of nitrogens with one attached hydrogen (secondary N) is 1. The van der Waals surface area contributed by atoms with Crippen LogP contribution in [0.3, 0.4) is 0 Å². The van der Waals surface area contributed by atoms with Crippen molar-refractivity contribution >= 4 is 5.97 Å². The molecule has 2 heterocycles. The zero-order valence-electron chi connectivity index (χ0n) is 11.6. The molecule has 0 bridgehead atoms. The van der Waals surface area contributed by atoms with Crippen LogP contribution >= 0.6 is 0 Å². The Kier molecular flexibility index (Phi) is 4.61. The third-order valence-corrected chi connectivity index (χ3v) is 3.61. The fourth-order valence-corrected chi connectivity index (χ4v) is 2.60. The minimum atomic E-state index is -0.447. The van der Waals surface area contributed by atoms with Gasteiger partial charge in [0.05, 0.1) is 19.3 Å². The van der Waals surface area contributed by atoms with Crippen LogP contribution in [-0.2, 0) is 9.47 Å². The van der Waals surface area contributed by atoms with Gasteiger partial charge in [-0.2, -0.15) is 0 Å². The normalized spacial score (nSPS) is 24.4. The van der Waals surface area contributed by atoms with Crippen molar-refractivity contribution in [2.45, 2.75) is 32.4 Å². The number of furan rings is 1. The lowest BCUT2D eigenvalue weighted by Gasteiger charge is -2.24. The molecule has 106 valence electrons. The molecular formula is C14H21NO4. The first kappa shape index (κ1) is 14.1. The van der Waals surface area contributed by atoms with Gasteiger partial charge in [0.25, 0.3) is 0 Å². The van der Waals surface area contributed by atoms with Gasteiger partial charge in [0.15, 0.2) is 0 Å². The Morgan fingerprint density at radius 1 is 1.58 bits per heavy atom. The molecular weight excluding hydrogens is 246 g/mol. The molecule has 5 heteroatoms. The van der Waals surface area contributed by atoms with E-state index in [1.165, 1.54) is 7.11 Å². The predicted octanol–water partition coefficient (Wildman–Crippen LogP) is 2.14. The van der Waals surface area contributed by atoms with Crippen molar-refractivity contribution in [2.75, 3.05) is 20.3 Å². The van der Waals surface area contributed by atoms with Gasteiger partial charge >= 0.3 is 5.97 Å². The lowest BCUT2D eigenvalue weighted by atomic mass is 9.92. The first-order chi connectivity index (χ1) is 9.17. The van der Waals surface area contributed by atoms with Gasteiger partial charge in [0.2, 0.25) is 5.76 Å². The van der Waals surface area contributed by atoms with Crippen LogP contribution in [0, 0.1) is 5.92 Å². The molecule has 0 amide bonds. The van der Waals surface area contributed by atoms with E-state index in [-0.39, 0.29) is 17.9 Å². The van der Waals surface area contributed by atoms with Crippen LogP contribution in [0.4, 0.5) is 0 Å². The summed E-state index contributed by atoms with van der Waals surface area (Å²) in [7, 11) is 1.35. The third kappa shape index (κ3) is 2.98. The highest BCUT2D eigenvalue weighted by atomic mass is 16.5. The first-order valence-corrected chi connectivity index (χ1v) is 6.70. The Labute approximate surface area is 113 Å². The minimum Gasteiger partial charge on any atom is -0.463 e. The summed E-state index contributed by atoms with van der Waals surface area (Å²) in [6.45, 7) is 5.74. The van der Waals surface area contributed by atoms with Crippen molar-refractivity contribution in [2.24, 2.45) is 5.92 Å². The molecule has 2 rings (SSSR count). The van der Waals surface area contributed by atoms with E-state index in [1.54, 1.807) is 6.07 Å². The maximum atomic E-state index is 11.4. The van der Waals surface area contributed by atoms with Crippen molar-refractivity contribution in [1.29, 1.82) is 0 Å². The van der Waals surface area contributed by atoms with E-state index in [0.717, 1.165) is 25.3 Å². The molecule has 1 N–H and O–H groups in total. The van der Waals surface area contributed by atoms with Gasteiger partial charge in [0.1, 0.15) is 5.76 Å². The van der Waals surface area contributed by atoms with Crippen LogP contribution in [0.5, 0.6) is 0 Å². The van der Waals surface area contributed by atoms with Crippen LogP contribution in [0.2, 0.25) is 0 Å². The van der Waals surface area contributed by atoms with Crippen LogP contribution < -0.4 is 5.32 Å². The molecule has 1 aromatic rings. The van der Waals surface area contributed by atoms with E-state index < -0.39 is 5.97 Å². The van der Waals surface area contributed by atoms with Gasteiger partial charge in [-0.1, -0.05) is 6.92 Å². The van der Waals surface area contributed by atoms with Gasteiger partial charge in [-0.3, -0.25) is 0 Å². The lowest BCUT2D eigenvalue weighted by molar-refractivity contribution is 0.0558. The number of esters is 1. The summed E-state index contributed by atoms with van der Waals surface area (Å²) in [4.78, 5) is 11.4. The molecule has 3 atom stereocenters. The van der Waals surface area contributed by atoms with Crippen molar-refractivity contribution < 1.29 is 18.7 Å². The molecule has 0 saturated carbocycles. The van der Waals surface area contributed by atoms with E-state index >= 15 is 0 Å². The Balaban J connectivity index is 2.18. The summed E-state index contributed by atoms with van der Waals surface area (Å²) < 4.78 is 15.9. The second-order valence-corrected chi connectivity index (χ2v) is 4.76. The van der Waals surface area contributed by atoms with E-state index in [1.807, 2.05) is 6.07 Å². The van der Waals surface area contributed by atoms with Gasteiger partial charge in [-0.15, -0.1) is 0 Å². The topological polar surface area (TPSA) is 60.7 Å². The molecule has 1 saturated heterocycles. The van der Waals surface area contributed by atoms with E-state index in [2.05, 4.69) is 23.9 Å². The summed E-state index contributed by atoms with van der Waals surface area (Å²) in [6.07, 6.45) is 1.18. The quantitative estimate of drug-likeness (QED) is 0.828. The second kappa shape index (κ2) is 6.21. The van der Waals surface area contributed by atoms with Gasteiger partial charge in [-0.25, -0.2) is 4.79 Å². The standard InChI is InChI=1S/C14H21NO4/c1-4-15-13(10-7-8-18-9(10)2)11-5-6-12(19-11)14(16)17-3/h5-6,9-10,13,15H,4,7-8H2,1-3H3. The van der Waals surface area contributed by atoms with Crippen LogP contribution in [0.15, 0.2) is 16.5 Å². The van der Waals surface area contributed by atoms with Gasteiger partial charge in [0, 0.05) is 12.5 Å². The van der Waals surface area contributed by atoms with E-state index in [4.69, 9.17) is 9.15 Å². The molecule has 0 spiro atoms. The van der Waals surface area contributed by atoms with Crippen molar-refractivity contribution in [3.63, 3.8) is 0 Å². The fraction of sp³-hybridized carbons (Fsp3) is 0.643. The Hall–Kier alpha value is -1.33. The second-order valence-electron chi connectivity index (χ2n) is 4.76. The predicted molar refractivity (Wildman–Crippen MR) is 70.0 cm³/mol. The van der Waals surface area contributed by atoms with Crippen molar-refractivity contribution in [3.8, 4) is 0 Å².